The van der Waals surface area contributed by atoms with E-state index in [4.69, 9.17) is 4.42 Å². The normalized spacial score (nSPS) is 18.0. The van der Waals surface area contributed by atoms with Crippen LogP contribution < -0.4 is 0 Å². The van der Waals surface area contributed by atoms with Gasteiger partial charge in [0.05, 0.1) is 11.8 Å². The Balaban J connectivity index is 1.48. The van der Waals surface area contributed by atoms with Crippen LogP contribution in [0.3, 0.4) is 0 Å². The van der Waals surface area contributed by atoms with Crippen LogP contribution in [0, 0.1) is 5.92 Å². The van der Waals surface area contributed by atoms with Gasteiger partial charge in [0, 0.05) is 32.8 Å². The van der Waals surface area contributed by atoms with E-state index in [9.17, 15) is 4.79 Å². The van der Waals surface area contributed by atoms with Gasteiger partial charge in [-0.15, -0.1) is 0 Å². The summed E-state index contributed by atoms with van der Waals surface area (Å²) in [5.74, 6) is 1.51. The fraction of sp³-hybridized carbons (Fsp3) is 0.353. The third kappa shape index (κ3) is 2.50. The van der Waals surface area contributed by atoms with E-state index in [0.29, 0.717) is 11.5 Å². The highest BCUT2D eigenvalue weighted by Crippen LogP contribution is 2.23. The standard InChI is InChI=1S/C17H18N4O2/c1-20-15(19-14-3-2-6-18-16(14)20)9-12-4-7-21(10-12)17(22)13-5-8-23-11-13/h2-3,5-6,8,11-12H,4,7,9-10H2,1H3. The quantitative estimate of drug-likeness (QED) is 0.744. The molecule has 1 amide bonds. The first-order valence-corrected chi connectivity index (χ1v) is 7.80. The van der Waals surface area contributed by atoms with Gasteiger partial charge in [-0.2, -0.15) is 0 Å². The van der Waals surface area contributed by atoms with Gasteiger partial charge in [0.15, 0.2) is 5.65 Å². The number of hydrogen-bond donors (Lipinski definition) is 0. The smallest absolute Gasteiger partial charge is 0.257 e. The van der Waals surface area contributed by atoms with E-state index in [0.717, 1.165) is 42.9 Å². The molecule has 1 unspecified atom stereocenters. The van der Waals surface area contributed by atoms with E-state index in [1.807, 2.05) is 24.1 Å². The zero-order chi connectivity index (χ0) is 15.8. The number of amides is 1. The van der Waals surface area contributed by atoms with Gasteiger partial charge in [-0.1, -0.05) is 0 Å². The van der Waals surface area contributed by atoms with Gasteiger partial charge in [-0.3, -0.25) is 4.79 Å². The fourth-order valence-electron chi connectivity index (χ4n) is 3.26. The summed E-state index contributed by atoms with van der Waals surface area (Å²) < 4.78 is 7.05. The number of furan rings is 1. The van der Waals surface area contributed by atoms with Gasteiger partial charge < -0.3 is 13.9 Å². The summed E-state index contributed by atoms with van der Waals surface area (Å²) in [5.41, 5.74) is 2.46. The number of nitrogens with zero attached hydrogens (tertiary/aromatic N) is 4. The Labute approximate surface area is 133 Å². The van der Waals surface area contributed by atoms with E-state index in [1.54, 1.807) is 12.3 Å². The minimum absolute atomic E-state index is 0.0490. The van der Waals surface area contributed by atoms with E-state index in [-0.39, 0.29) is 5.91 Å². The van der Waals surface area contributed by atoms with Crippen molar-refractivity contribution >= 4 is 17.1 Å². The molecule has 0 bridgehead atoms. The molecule has 0 radical (unpaired) electrons. The Hall–Kier alpha value is -2.63. The van der Waals surface area contributed by atoms with Gasteiger partial charge in [0.2, 0.25) is 0 Å². The summed E-state index contributed by atoms with van der Waals surface area (Å²) in [7, 11) is 2.00. The maximum atomic E-state index is 12.3. The first kappa shape index (κ1) is 14.0. The second-order valence-electron chi connectivity index (χ2n) is 6.06. The Morgan fingerprint density at radius 2 is 2.35 bits per heavy atom. The molecule has 0 saturated carbocycles. The lowest BCUT2D eigenvalue weighted by Crippen LogP contribution is -2.28. The molecule has 1 fully saturated rings. The lowest BCUT2D eigenvalue weighted by atomic mass is 10.0. The van der Waals surface area contributed by atoms with Crippen LogP contribution in [0.5, 0.6) is 0 Å². The monoisotopic (exact) mass is 310 g/mol. The van der Waals surface area contributed by atoms with E-state index < -0.39 is 0 Å². The van der Waals surface area contributed by atoms with Gasteiger partial charge in [0.1, 0.15) is 17.6 Å². The van der Waals surface area contributed by atoms with Crippen molar-refractivity contribution in [3.63, 3.8) is 0 Å². The maximum Gasteiger partial charge on any atom is 0.257 e. The molecule has 0 N–H and O–H groups in total. The second-order valence-corrected chi connectivity index (χ2v) is 6.06. The molecule has 1 aliphatic rings. The number of aryl methyl sites for hydroxylation is 1. The highest BCUT2D eigenvalue weighted by molar-refractivity contribution is 5.94. The van der Waals surface area contributed by atoms with Gasteiger partial charge in [0.25, 0.3) is 5.91 Å². The van der Waals surface area contributed by atoms with Crippen LogP contribution in [0.15, 0.2) is 41.3 Å². The molecule has 3 aromatic rings. The molecule has 1 atom stereocenters. The molecule has 1 saturated heterocycles. The number of aromatic nitrogens is 3. The Bertz CT molecular complexity index is 838. The van der Waals surface area contributed by atoms with Crippen molar-refractivity contribution in [2.75, 3.05) is 13.1 Å². The summed E-state index contributed by atoms with van der Waals surface area (Å²) in [6.45, 7) is 1.55. The molecule has 118 valence electrons. The van der Waals surface area contributed by atoms with Crippen molar-refractivity contribution in [3.8, 4) is 0 Å². The molecule has 6 heteroatoms. The van der Waals surface area contributed by atoms with Gasteiger partial charge >= 0.3 is 0 Å². The van der Waals surface area contributed by atoms with E-state index in [2.05, 4.69) is 14.5 Å². The number of imidazole rings is 1. The van der Waals surface area contributed by atoms with Crippen LogP contribution in [0.1, 0.15) is 22.6 Å². The number of fused-ring (bicyclic) bond motifs is 1. The first-order valence-electron chi connectivity index (χ1n) is 7.80. The SMILES string of the molecule is Cn1c(CC2CCN(C(=O)c3ccoc3)C2)nc2cccnc21. The largest absolute Gasteiger partial charge is 0.472 e. The molecule has 4 rings (SSSR count). The number of pyridine rings is 1. The van der Waals surface area contributed by atoms with Crippen molar-refractivity contribution in [2.24, 2.45) is 13.0 Å². The third-order valence-electron chi connectivity index (χ3n) is 4.53. The molecule has 0 spiro atoms. The van der Waals surface area contributed by atoms with Crippen LogP contribution in [-0.4, -0.2) is 38.4 Å². The number of likely N-dealkylation sites (tertiary alicyclic amines) is 1. The summed E-state index contributed by atoms with van der Waals surface area (Å²) in [6, 6.07) is 5.60. The molecule has 3 aromatic heterocycles. The lowest BCUT2D eigenvalue weighted by molar-refractivity contribution is 0.0786. The number of carbonyl (C=O) groups excluding carboxylic acids is 1. The summed E-state index contributed by atoms with van der Waals surface area (Å²) >= 11 is 0. The zero-order valence-electron chi connectivity index (χ0n) is 13.0. The molecular formula is C17H18N4O2. The zero-order valence-corrected chi connectivity index (χ0v) is 13.0. The fourth-order valence-corrected chi connectivity index (χ4v) is 3.26. The Morgan fingerprint density at radius 3 is 3.13 bits per heavy atom. The minimum Gasteiger partial charge on any atom is -0.472 e. The molecule has 4 heterocycles. The van der Waals surface area contributed by atoms with Gasteiger partial charge in [-0.25, -0.2) is 9.97 Å². The minimum atomic E-state index is 0.0490. The Kier molecular flexibility index (Phi) is 3.37. The number of hydrogen-bond acceptors (Lipinski definition) is 4. The van der Waals surface area contributed by atoms with E-state index in [1.165, 1.54) is 12.5 Å². The lowest BCUT2D eigenvalue weighted by Gasteiger charge is -2.15. The summed E-state index contributed by atoms with van der Waals surface area (Å²) in [4.78, 5) is 23.3. The van der Waals surface area contributed by atoms with Crippen molar-refractivity contribution in [1.82, 2.24) is 19.4 Å². The highest BCUT2D eigenvalue weighted by atomic mass is 16.3. The topological polar surface area (TPSA) is 64.2 Å². The van der Waals surface area contributed by atoms with Crippen LogP contribution >= 0.6 is 0 Å². The average molecular weight is 310 g/mol. The first-order chi connectivity index (χ1) is 11.2. The van der Waals surface area contributed by atoms with Crippen molar-refractivity contribution < 1.29 is 9.21 Å². The van der Waals surface area contributed by atoms with Crippen molar-refractivity contribution in [3.05, 3.63) is 48.3 Å². The average Bonchev–Trinajstić information content (AvgIpc) is 3.29. The summed E-state index contributed by atoms with van der Waals surface area (Å²) in [6.07, 6.45) is 6.69. The molecule has 0 aromatic carbocycles. The van der Waals surface area contributed by atoms with E-state index >= 15 is 0 Å². The molecule has 6 nitrogen and oxygen atoms in total. The van der Waals surface area contributed by atoms with Crippen LogP contribution in [-0.2, 0) is 13.5 Å². The van der Waals surface area contributed by atoms with Crippen molar-refractivity contribution in [1.29, 1.82) is 0 Å². The predicted octanol–water partition coefficient (Wildman–Crippen LogP) is 2.27. The predicted molar refractivity (Wildman–Crippen MR) is 84.9 cm³/mol. The summed E-state index contributed by atoms with van der Waals surface area (Å²) in [5, 5.41) is 0. The molecule has 1 aliphatic heterocycles. The second kappa shape index (κ2) is 5.53. The maximum absolute atomic E-state index is 12.3. The highest BCUT2D eigenvalue weighted by Gasteiger charge is 2.28. The number of carbonyl (C=O) groups is 1. The molecule has 23 heavy (non-hydrogen) atoms. The van der Waals surface area contributed by atoms with Crippen LogP contribution in [0.4, 0.5) is 0 Å². The molecule has 0 aliphatic carbocycles. The van der Waals surface area contributed by atoms with Gasteiger partial charge in [-0.05, 0) is 30.5 Å². The third-order valence-corrected chi connectivity index (χ3v) is 4.53. The Morgan fingerprint density at radius 1 is 1.43 bits per heavy atom. The number of rotatable bonds is 3. The van der Waals surface area contributed by atoms with Crippen LogP contribution in [0.2, 0.25) is 0 Å². The molecular weight excluding hydrogens is 292 g/mol. The van der Waals surface area contributed by atoms with Crippen molar-refractivity contribution in [2.45, 2.75) is 12.8 Å². The van der Waals surface area contributed by atoms with Crippen LogP contribution in [0.25, 0.3) is 11.2 Å².